The van der Waals surface area contributed by atoms with Crippen molar-refractivity contribution in [3.63, 3.8) is 0 Å². The Balaban J connectivity index is 2.59. The highest BCUT2D eigenvalue weighted by Crippen LogP contribution is 2.27. The summed E-state index contributed by atoms with van der Waals surface area (Å²) < 4.78 is 5.14. The van der Waals surface area contributed by atoms with E-state index in [1.165, 1.54) is 0 Å². The molecule has 14 heavy (non-hydrogen) atoms. The minimum absolute atomic E-state index is 0.00213. The zero-order valence-corrected chi connectivity index (χ0v) is 8.79. The molecule has 0 aromatic heterocycles. The van der Waals surface area contributed by atoms with Gasteiger partial charge in [-0.2, -0.15) is 0 Å². The molecule has 0 heterocycles. The first-order chi connectivity index (χ1) is 6.63. The van der Waals surface area contributed by atoms with Crippen molar-refractivity contribution in [3.05, 3.63) is 28.2 Å². The van der Waals surface area contributed by atoms with Gasteiger partial charge in [0, 0.05) is 5.02 Å². The largest absolute Gasteiger partial charge is 0.489 e. The summed E-state index contributed by atoms with van der Waals surface area (Å²) in [5, 5.41) is 18.5. The van der Waals surface area contributed by atoms with Gasteiger partial charge >= 0.3 is 0 Å². The Hall–Kier alpha value is -0.480. The average Bonchev–Trinajstić information content (AvgIpc) is 2.16. The Morgan fingerprint density at radius 3 is 2.64 bits per heavy atom. The summed E-state index contributed by atoms with van der Waals surface area (Å²) in [5.74, 6) is 0.434. The van der Waals surface area contributed by atoms with E-state index in [0.29, 0.717) is 15.8 Å². The maximum atomic E-state index is 9.02. The molecule has 1 rings (SSSR count). The topological polar surface area (TPSA) is 49.7 Å². The molecule has 1 atom stereocenters. The minimum atomic E-state index is -0.901. The molecule has 0 aliphatic heterocycles. The molecule has 5 heteroatoms. The van der Waals surface area contributed by atoms with Crippen LogP contribution in [-0.2, 0) is 0 Å². The van der Waals surface area contributed by atoms with Crippen LogP contribution in [0, 0.1) is 0 Å². The predicted molar refractivity (Wildman–Crippen MR) is 55.0 cm³/mol. The lowest BCUT2D eigenvalue weighted by Crippen LogP contribution is -2.21. The van der Waals surface area contributed by atoms with Gasteiger partial charge in [-0.15, -0.1) is 0 Å². The Labute approximate surface area is 91.8 Å². The van der Waals surface area contributed by atoms with Gasteiger partial charge in [0.2, 0.25) is 0 Å². The molecular weight excluding hydrogens is 227 g/mol. The lowest BCUT2D eigenvalue weighted by Gasteiger charge is -2.10. The van der Waals surface area contributed by atoms with Crippen LogP contribution in [0.3, 0.4) is 0 Å². The van der Waals surface area contributed by atoms with Crippen LogP contribution < -0.4 is 4.74 Å². The third kappa shape index (κ3) is 3.35. The lowest BCUT2D eigenvalue weighted by molar-refractivity contribution is 0.0536. The molecule has 2 N–H and O–H groups in total. The number of halogens is 2. The molecule has 0 spiro atoms. The Morgan fingerprint density at radius 2 is 2.07 bits per heavy atom. The molecule has 3 nitrogen and oxygen atoms in total. The molecule has 0 amide bonds. The van der Waals surface area contributed by atoms with Crippen molar-refractivity contribution in [2.45, 2.75) is 6.10 Å². The van der Waals surface area contributed by atoms with Crippen LogP contribution in [0.2, 0.25) is 10.0 Å². The first kappa shape index (κ1) is 11.6. The van der Waals surface area contributed by atoms with Gasteiger partial charge in [-0.05, 0) is 18.2 Å². The third-order valence-corrected chi connectivity index (χ3v) is 2.07. The van der Waals surface area contributed by atoms with E-state index in [1.807, 2.05) is 0 Å². The molecule has 0 aliphatic rings. The van der Waals surface area contributed by atoms with E-state index in [-0.39, 0.29) is 13.2 Å². The average molecular weight is 237 g/mol. The van der Waals surface area contributed by atoms with Crippen LogP contribution in [0.15, 0.2) is 18.2 Å². The summed E-state index contributed by atoms with van der Waals surface area (Å²) in [6.07, 6.45) is -0.901. The van der Waals surface area contributed by atoms with Crippen molar-refractivity contribution in [3.8, 4) is 5.75 Å². The quantitative estimate of drug-likeness (QED) is 0.838. The maximum absolute atomic E-state index is 9.02. The third-order valence-electron chi connectivity index (χ3n) is 1.54. The van der Waals surface area contributed by atoms with Crippen molar-refractivity contribution in [2.24, 2.45) is 0 Å². The van der Waals surface area contributed by atoms with Crippen LogP contribution in [-0.4, -0.2) is 29.5 Å². The molecule has 0 fully saturated rings. The second kappa shape index (κ2) is 5.41. The first-order valence-electron chi connectivity index (χ1n) is 4.00. The predicted octanol–water partition coefficient (Wildman–Crippen LogP) is 1.73. The second-order valence-corrected chi connectivity index (χ2v) is 3.57. The van der Waals surface area contributed by atoms with Gasteiger partial charge in [0.05, 0.1) is 11.6 Å². The summed E-state index contributed by atoms with van der Waals surface area (Å²) in [4.78, 5) is 0. The molecule has 78 valence electrons. The van der Waals surface area contributed by atoms with Gasteiger partial charge in [-0.25, -0.2) is 0 Å². The van der Waals surface area contributed by atoms with E-state index >= 15 is 0 Å². The molecule has 0 bridgehead atoms. The summed E-state index contributed by atoms with van der Waals surface area (Å²) in [7, 11) is 0. The number of ether oxygens (including phenoxy) is 1. The van der Waals surface area contributed by atoms with Crippen LogP contribution in [0.5, 0.6) is 5.75 Å². The second-order valence-electron chi connectivity index (χ2n) is 2.72. The van der Waals surface area contributed by atoms with Crippen LogP contribution in [0.1, 0.15) is 0 Å². The van der Waals surface area contributed by atoms with Crippen molar-refractivity contribution >= 4 is 23.2 Å². The monoisotopic (exact) mass is 236 g/mol. The standard InChI is InChI=1S/C9H10Cl2O3/c10-6-1-2-9(8(11)3-6)14-5-7(13)4-12/h1-3,7,12-13H,4-5H2. The van der Waals surface area contributed by atoms with Gasteiger partial charge in [-0.1, -0.05) is 23.2 Å². The van der Waals surface area contributed by atoms with E-state index in [0.717, 1.165) is 0 Å². The lowest BCUT2D eigenvalue weighted by atomic mass is 10.3. The highest BCUT2D eigenvalue weighted by Gasteiger charge is 2.06. The fraction of sp³-hybridized carbons (Fsp3) is 0.333. The molecule has 0 radical (unpaired) electrons. The Bertz CT molecular complexity index is 304. The molecule has 0 saturated heterocycles. The molecule has 0 saturated carbocycles. The molecule has 1 aromatic carbocycles. The van der Waals surface area contributed by atoms with Gasteiger partial charge < -0.3 is 14.9 Å². The van der Waals surface area contributed by atoms with Gasteiger partial charge in [0.15, 0.2) is 0 Å². The highest BCUT2D eigenvalue weighted by atomic mass is 35.5. The normalized spacial score (nSPS) is 12.6. The fourth-order valence-electron chi connectivity index (χ4n) is 0.831. The summed E-state index contributed by atoms with van der Waals surface area (Å²) in [5.41, 5.74) is 0. The fourth-order valence-corrected chi connectivity index (χ4v) is 1.29. The molecule has 1 unspecified atom stereocenters. The van der Waals surface area contributed by atoms with E-state index in [2.05, 4.69) is 0 Å². The summed E-state index contributed by atoms with van der Waals surface area (Å²) in [6, 6.07) is 4.78. The number of benzene rings is 1. The van der Waals surface area contributed by atoms with Crippen molar-refractivity contribution in [1.82, 2.24) is 0 Å². The molecule has 0 aliphatic carbocycles. The number of hydrogen-bond donors (Lipinski definition) is 2. The van der Waals surface area contributed by atoms with E-state index in [1.54, 1.807) is 18.2 Å². The van der Waals surface area contributed by atoms with Crippen molar-refractivity contribution < 1.29 is 14.9 Å². The summed E-state index contributed by atoms with van der Waals surface area (Å²) >= 11 is 11.5. The maximum Gasteiger partial charge on any atom is 0.138 e. The molecule has 1 aromatic rings. The van der Waals surface area contributed by atoms with Crippen LogP contribution >= 0.6 is 23.2 Å². The number of aliphatic hydroxyl groups is 2. The smallest absolute Gasteiger partial charge is 0.138 e. The van der Waals surface area contributed by atoms with E-state index < -0.39 is 6.10 Å². The first-order valence-corrected chi connectivity index (χ1v) is 4.76. The van der Waals surface area contributed by atoms with Gasteiger partial charge in [0.25, 0.3) is 0 Å². The van der Waals surface area contributed by atoms with Gasteiger partial charge in [-0.3, -0.25) is 0 Å². The van der Waals surface area contributed by atoms with Crippen LogP contribution in [0.4, 0.5) is 0 Å². The van der Waals surface area contributed by atoms with E-state index in [4.69, 9.17) is 38.2 Å². The Morgan fingerprint density at radius 1 is 1.36 bits per heavy atom. The number of aliphatic hydroxyl groups excluding tert-OH is 2. The van der Waals surface area contributed by atoms with E-state index in [9.17, 15) is 0 Å². The highest BCUT2D eigenvalue weighted by molar-refractivity contribution is 6.35. The minimum Gasteiger partial charge on any atom is -0.489 e. The zero-order valence-electron chi connectivity index (χ0n) is 7.28. The summed E-state index contributed by atoms with van der Waals surface area (Å²) in [6.45, 7) is -0.344. The zero-order chi connectivity index (χ0) is 10.6. The number of hydrogen-bond acceptors (Lipinski definition) is 3. The molecular formula is C9H10Cl2O3. The van der Waals surface area contributed by atoms with Crippen molar-refractivity contribution in [2.75, 3.05) is 13.2 Å². The number of rotatable bonds is 4. The SMILES string of the molecule is OCC(O)COc1ccc(Cl)cc1Cl. The van der Waals surface area contributed by atoms with Gasteiger partial charge in [0.1, 0.15) is 18.5 Å². The van der Waals surface area contributed by atoms with Crippen LogP contribution in [0.25, 0.3) is 0 Å². The Kier molecular flexibility index (Phi) is 4.48. The van der Waals surface area contributed by atoms with Crippen molar-refractivity contribution in [1.29, 1.82) is 0 Å².